The van der Waals surface area contributed by atoms with Crippen LogP contribution in [-0.4, -0.2) is 5.11 Å². The van der Waals surface area contributed by atoms with Gasteiger partial charge in [0.15, 0.2) is 23.0 Å². The fourth-order valence-electron chi connectivity index (χ4n) is 5.80. The number of nitrogens with zero attached hydrogens (tertiary/aromatic N) is 2. The van der Waals surface area contributed by atoms with Crippen LogP contribution in [0.2, 0.25) is 0 Å². The van der Waals surface area contributed by atoms with Crippen molar-refractivity contribution in [1.82, 2.24) is 0 Å². The van der Waals surface area contributed by atoms with Crippen molar-refractivity contribution >= 4 is 45.5 Å². The van der Waals surface area contributed by atoms with E-state index in [4.69, 9.17) is 9.47 Å². The smallest absolute Gasteiger partial charge is 0.153 e. The number of para-hydroxylation sites is 7. The van der Waals surface area contributed by atoms with Crippen LogP contribution in [-0.2, 0) is 0 Å². The van der Waals surface area contributed by atoms with Crippen LogP contribution in [0.5, 0.6) is 28.7 Å². The Morgan fingerprint density at radius 3 is 1.88 bits per heavy atom. The number of ether oxygens (including phenoxy) is 2. The zero-order valence-electron chi connectivity index (χ0n) is 23.4. The first-order valence-electron chi connectivity index (χ1n) is 14.2. The lowest BCUT2D eigenvalue weighted by atomic mass is 10.1. The number of anilines is 8. The molecule has 0 unspecified atom stereocenters. The van der Waals surface area contributed by atoms with Gasteiger partial charge >= 0.3 is 0 Å². The van der Waals surface area contributed by atoms with Crippen molar-refractivity contribution in [2.24, 2.45) is 0 Å². The molecule has 6 aromatic rings. The van der Waals surface area contributed by atoms with E-state index in [2.05, 4.69) is 58.4 Å². The van der Waals surface area contributed by atoms with Crippen LogP contribution in [0.15, 0.2) is 133 Å². The Hall–Kier alpha value is -5.88. The summed E-state index contributed by atoms with van der Waals surface area (Å²) in [6, 6.07) is 43.9. The Morgan fingerprint density at radius 2 is 1.16 bits per heavy atom. The minimum Gasteiger partial charge on any atom is -0.506 e. The largest absolute Gasteiger partial charge is 0.506 e. The van der Waals surface area contributed by atoms with E-state index in [-0.39, 0.29) is 5.75 Å². The number of fused-ring (bicyclic) bond motifs is 4. The molecule has 0 saturated carbocycles. The Kier molecular flexibility index (Phi) is 5.72. The lowest BCUT2D eigenvalue weighted by molar-refractivity contribution is 0.475. The van der Waals surface area contributed by atoms with E-state index in [1.807, 2.05) is 91.0 Å². The second-order valence-corrected chi connectivity index (χ2v) is 10.6. The molecule has 0 atom stereocenters. The van der Waals surface area contributed by atoms with E-state index in [9.17, 15) is 5.11 Å². The molecule has 0 aromatic heterocycles. The summed E-state index contributed by atoms with van der Waals surface area (Å²) in [5, 5.41) is 14.4. The molecule has 43 heavy (non-hydrogen) atoms. The van der Waals surface area contributed by atoms with Crippen molar-refractivity contribution in [3.05, 3.63) is 139 Å². The summed E-state index contributed by atoms with van der Waals surface area (Å²) in [6.45, 7) is 2.07. The fraction of sp³-hybridized carbons (Fsp3) is 0.0270. The number of rotatable bonds is 4. The molecule has 0 fully saturated rings. The lowest BCUT2D eigenvalue weighted by Crippen LogP contribution is -2.16. The zero-order valence-corrected chi connectivity index (χ0v) is 23.4. The van der Waals surface area contributed by atoms with Gasteiger partial charge in [-0.3, -0.25) is 0 Å². The van der Waals surface area contributed by atoms with E-state index in [0.29, 0.717) is 17.2 Å². The Labute approximate surface area is 249 Å². The van der Waals surface area contributed by atoms with Crippen LogP contribution in [0.3, 0.4) is 0 Å². The summed E-state index contributed by atoms with van der Waals surface area (Å²) < 4.78 is 12.8. The number of aryl methyl sites for hydroxylation is 1. The summed E-state index contributed by atoms with van der Waals surface area (Å²) in [6.07, 6.45) is 0. The van der Waals surface area contributed by atoms with Gasteiger partial charge in [0, 0.05) is 17.8 Å². The number of hydrogen-bond donors (Lipinski definition) is 2. The molecule has 8 rings (SSSR count). The first kappa shape index (κ1) is 24.9. The minimum atomic E-state index is 0.198. The van der Waals surface area contributed by atoms with Crippen molar-refractivity contribution in [1.29, 1.82) is 0 Å². The number of aromatic hydroxyl groups is 1. The second kappa shape index (κ2) is 9.89. The molecule has 0 saturated heterocycles. The zero-order chi connectivity index (χ0) is 28.9. The number of benzene rings is 6. The van der Waals surface area contributed by atoms with E-state index in [1.54, 1.807) is 6.07 Å². The molecule has 0 amide bonds. The molecule has 6 aromatic carbocycles. The van der Waals surface area contributed by atoms with Gasteiger partial charge in [0.25, 0.3) is 0 Å². The van der Waals surface area contributed by atoms with Crippen molar-refractivity contribution in [2.45, 2.75) is 6.92 Å². The van der Waals surface area contributed by atoms with E-state index < -0.39 is 0 Å². The normalized spacial score (nSPS) is 12.4. The summed E-state index contributed by atoms with van der Waals surface area (Å²) in [4.78, 5) is 4.25. The minimum absolute atomic E-state index is 0.198. The fourth-order valence-corrected chi connectivity index (χ4v) is 5.80. The van der Waals surface area contributed by atoms with Gasteiger partial charge < -0.3 is 29.7 Å². The number of hydrogen-bond acceptors (Lipinski definition) is 6. The van der Waals surface area contributed by atoms with Gasteiger partial charge in [-0.25, -0.2) is 0 Å². The Balaban J connectivity index is 1.20. The first-order chi connectivity index (χ1) is 21.1. The molecule has 2 aliphatic rings. The quantitative estimate of drug-likeness (QED) is 0.223. The molecular weight excluding hydrogens is 534 g/mol. The third kappa shape index (κ3) is 4.19. The average Bonchev–Trinajstić information content (AvgIpc) is 3.04. The van der Waals surface area contributed by atoms with Crippen LogP contribution in [0, 0.1) is 6.92 Å². The Morgan fingerprint density at radius 1 is 0.581 bits per heavy atom. The number of phenols is 1. The standard InChI is InChI=1S/C37H27N3O3/c1-24-10-2-3-11-29(24)39(30-12-4-7-15-33(30)41)25-18-20-27-36(22-25)43-37-23-26(19-21-28(37)38-27)40-31-13-5-8-16-34(31)42-35-17-9-6-14-32(35)40/h2-23,38,41H,1H3. The highest BCUT2D eigenvalue weighted by atomic mass is 16.5. The summed E-state index contributed by atoms with van der Waals surface area (Å²) in [5.74, 6) is 3.21. The third-order valence-corrected chi connectivity index (χ3v) is 7.85. The van der Waals surface area contributed by atoms with Crippen LogP contribution in [0.1, 0.15) is 5.56 Å². The van der Waals surface area contributed by atoms with Gasteiger partial charge in [-0.15, -0.1) is 0 Å². The van der Waals surface area contributed by atoms with Crippen LogP contribution >= 0.6 is 0 Å². The predicted molar refractivity (Wildman–Crippen MR) is 172 cm³/mol. The van der Waals surface area contributed by atoms with Gasteiger partial charge in [0.05, 0.1) is 39.8 Å². The maximum Gasteiger partial charge on any atom is 0.153 e. The van der Waals surface area contributed by atoms with E-state index in [0.717, 1.165) is 56.9 Å². The molecule has 0 radical (unpaired) electrons. The summed E-state index contributed by atoms with van der Waals surface area (Å²) in [7, 11) is 0. The molecule has 0 aliphatic carbocycles. The molecule has 6 heteroatoms. The summed E-state index contributed by atoms with van der Waals surface area (Å²) >= 11 is 0. The topological polar surface area (TPSA) is 57.2 Å². The highest BCUT2D eigenvalue weighted by Gasteiger charge is 2.27. The molecule has 2 heterocycles. The van der Waals surface area contributed by atoms with Gasteiger partial charge in [0.2, 0.25) is 0 Å². The summed E-state index contributed by atoms with van der Waals surface area (Å²) in [5.41, 5.74) is 8.25. The van der Waals surface area contributed by atoms with E-state index in [1.165, 1.54) is 0 Å². The first-order valence-corrected chi connectivity index (χ1v) is 14.2. The monoisotopic (exact) mass is 561 g/mol. The van der Waals surface area contributed by atoms with Crippen LogP contribution in [0.25, 0.3) is 0 Å². The highest BCUT2D eigenvalue weighted by Crippen LogP contribution is 2.53. The molecule has 208 valence electrons. The van der Waals surface area contributed by atoms with Crippen molar-refractivity contribution < 1.29 is 14.6 Å². The number of phenolic OH excluding ortho intramolecular Hbond substituents is 1. The molecule has 0 bridgehead atoms. The molecule has 6 nitrogen and oxygen atoms in total. The maximum absolute atomic E-state index is 10.9. The lowest BCUT2D eigenvalue weighted by Gasteiger charge is -2.33. The average molecular weight is 562 g/mol. The molecule has 0 spiro atoms. The second-order valence-electron chi connectivity index (χ2n) is 10.6. The van der Waals surface area contributed by atoms with Crippen molar-refractivity contribution in [3.8, 4) is 28.7 Å². The molecule has 2 aliphatic heterocycles. The van der Waals surface area contributed by atoms with Crippen LogP contribution < -0.4 is 24.6 Å². The highest BCUT2D eigenvalue weighted by molar-refractivity contribution is 5.89. The van der Waals surface area contributed by atoms with Crippen LogP contribution in [0.4, 0.5) is 45.5 Å². The maximum atomic E-state index is 10.9. The Bertz CT molecular complexity index is 1930. The SMILES string of the molecule is Cc1ccccc1N(c1ccc2c(c1)Oc1cc(N3c4ccccc4Oc4ccccc43)ccc1N2)c1ccccc1O. The number of nitrogens with one attached hydrogen (secondary N) is 1. The molecular formula is C37H27N3O3. The predicted octanol–water partition coefficient (Wildman–Crippen LogP) is 10.6. The third-order valence-electron chi connectivity index (χ3n) is 7.85. The van der Waals surface area contributed by atoms with Gasteiger partial charge in [-0.1, -0.05) is 54.6 Å². The van der Waals surface area contributed by atoms with Crippen molar-refractivity contribution in [2.75, 3.05) is 15.1 Å². The van der Waals surface area contributed by atoms with Gasteiger partial charge in [-0.05, 0) is 79.2 Å². The van der Waals surface area contributed by atoms with E-state index >= 15 is 0 Å². The van der Waals surface area contributed by atoms with Gasteiger partial charge in [-0.2, -0.15) is 0 Å². The van der Waals surface area contributed by atoms with Gasteiger partial charge in [0.1, 0.15) is 5.75 Å². The van der Waals surface area contributed by atoms with Crippen molar-refractivity contribution in [3.63, 3.8) is 0 Å². The molecule has 2 N–H and O–H groups in total.